The van der Waals surface area contributed by atoms with Gasteiger partial charge in [-0.25, -0.2) is 8.42 Å². The van der Waals surface area contributed by atoms with E-state index in [9.17, 15) is 13.2 Å². The van der Waals surface area contributed by atoms with Gasteiger partial charge in [0.2, 0.25) is 0 Å². The highest BCUT2D eigenvalue weighted by Gasteiger charge is 2.18. The molecule has 0 fully saturated rings. The molecule has 0 aromatic heterocycles. The highest BCUT2D eigenvalue weighted by atomic mass is 79.9. The minimum absolute atomic E-state index is 0.0426. The maximum atomic E-state index is 12.8. The fourth-order valence-electron chi connectivity index (χ4n) is 3.27. The maximum Gasteiger partial charge on any atom is 0.261 e. The third-order valence-electron chi connectivity index (χ3n) is 5.08. The van der Waals surface area contributed by atoms with E-state index in [-0.39, 0.29) is 16.8 Å². The number of ether oxygens (including phenoxy) is 1. The number of benzene rings is 3. The van der Waals surface area contributed by atoms with Crippen molar-refractivity contribution in [2.24, 2.45) is 0 Å². The smallest absolute Gasteiger partial charge is 0.261 e. The van der Waals surface area contributed by atoms with Gasteiger partial charge >= 0.3 is 0 Å². The molecule has 0 aliphatic heterocycles. The van der Waals surface area contributed by atoms with Gasteiger partial charge in [0.15, 0.2) is 0 Å². The molecule has 0 unspecified atom stereocenters. The van der Waals surface area contributed by atoms with Crippen LogP contribution in [-0.4, -0.2) is 47.0 Å². The number of carbonyl (C=O) groups is 1. The molecule has 2 N–H and O–H groups in total. The summed E-state index contributed by atoms with van der Waals surface area (Å²) in [5.41, 5.74) is 1.71. The molecule has 174 valence electrons. The van der Waals surface area contributed by atoms with Crippen molar-refractivity contribution in [2.75, 3.05) is 32.5 Å². The molecule has 0 saturated heterocycles. The Kier molecular flexibility index (Phi) is 8.12. The summed E-state index contributed by atoms with van der Waals surface area (Å²) in [6.07, 6.45) is 0. The average Bonchev–Trinajstić information content (AvgIpc) is 2.79. The molecule has 0 aliphatic carbocycles. The number of rotatable bonds is 9. The van der Waals surface area contributed by atoms with Crippen molar-refractivity contribution in [2.45, 2.75) is 10.9 Å². The van der Waals surface area contributed by atoms with Crippen molar-refractivity contribution in [1.82, 2.24) is 10.2 Å². The average molecular weight is 532 g/mol. The molecule has 0 bridgehead atoms. The van der Waals surface area contributed by atoms with Crippen molar-refractivity contribution < 1.29 is 17.9 Å². The van der Waals surface area contributed by atoms with Gasteiger partial charge in [-0.1, -0.05) is 34.1 Å². The van der Waals surface area contributed by atoms with Gasteiger partial charge in [-0.15, -0.1) is 0 Å². The zero-order valence-corrected chi connectivity index (χ0v) is 21.0. The Morgan fingerprint density at radius 3 is 2.30 bits per heavy atom. The minimum Gasteiger partial charge on any atom is -0.497 e. The summed E-state index contributed by atoms with van der Waals surface area (Å²) in [4.78, 5) is 14.9. The van der Waals surface area contributed by atoms with E-state index < -0.39 is 10.0 Å². The number of nitrogens with zero attached hydrogens (tertiary/aromatic N) is 1. The molecule has 0 aliphatic rings. The predicted octanol–water partition coefficient (Wildman–Crippen LogP) is 4.29. The van der Waals surface area contributed by atoms with Crippen LogP contribution in [0.2, 0.25) is 0 Å². The topological polar surface area (TPSA) is 87.7 Å². The highest BCUT2D eigenvalue weighted by Crippen LogP contribution is 2.22. The summed E-state index contributed by atoms with van der Waals surface area (Å²) in [7, 11) is 1.73. The number of anilines is 1. The van der Waals surface area contributed by atoms with Crippen LogP contribution < -0.4 is 14.8 Å². The lowest BCUT2D eigenvalue weighted by Gasteiger charge is -2.25. The zero-order chi connectivity index (χ0) is 24.0. The van der Waals surface area contributed by atoms with Crippen LogP contribution >= 0.6 is 15.9 Å². The Balaban J connectivity index is 1.70. The molecule has 1 atom stereocenters. The van der Waals surface area contributed by atoms with E-state index in [0.717, 1.165) is 15.8 Å². The third-order valence-corrected chi connectivity index (χ3v) is 7.01. The van der Waals surface area contributed by atoms with Gasteiger partial charge < -0.3 is 15.0 Å². The second kappa shape index (κ2) is 10.8. The molecule has 9 heteroatoms. The third kappa shape index (κ3) is 6.56. The van der Waals surface area contributed by atoms with Crippen LogP contribution in [0.3, 0.4) is 0 Å². The zero-order valence-electron chi connectivity index (χ0n) is 18.6. The van der Waals surface area contributed by atoms with Crippen LogP contribution in [0.25, 0.3) is 0 Å². The number of amides is 1. The van der Waals surface area contributed by atoms with Gasteiger partial charge in [-0.05, 0) is 74.3 Å². The second-order valence-corrected chi connectivity index (χ2v) is 10.2. The number of halogens is 1. The van der Waals surface area contributed by atoms with Crippen molar-refractivity contribution in [1.29, 1.82) is 0 Å². The predicted molar refractivity (Wildman–Crippen MR) is 133 cm³/mol. The highest BCUT2D eigenvalue weighted by molar-refractivity contribution is 9.10. The first kappa shape index (κ1) is 24.8. The molecule has 3 aromatic rings. The molecule has 3 rings (SSSR count). The number of hydrogen-bond acceptors (Lipinski definition) is 5. The largest absolute Gasteiger partial charge is 0.497 e. The molecule has 0 radical (unpaired) electrons. The summed E-state index contributed by atoms with van der Waals surface area (Å²) in [6.45, 7) is 0.382. The van der Waals surface area contributed by atoms with Gasteiger partial charge in [0.1, 0.15) is 5.75 Å². The standard InChI is InChI=1S/C24H26BrN3O4S/c1-28(2)23(17-7-11-21(32-3)12-8-17)16-26-24(29)18-5-4-6-20(15-18)27-33(30,31)22-13-9-19(25)10-14-22/h4-15,23,27H,16H2,1-3H3,(H,26,29)/t23-/m0/s1. The van der Waals surface area contributed by atoms with Gasteiger partial charge in [0, 0.05) is 22.3 Å². The number of carbonyl (C=O) groups excluding carboxylic acids is 1. The first-order valence-corrected chi connectivity index (χ1v) is 12.4. The van der Waals surface area contributed by atoms with Gasteiger partial charge in [-0.2, -0.15) is 0 Å². The van der Waals surface area contributed by atoms with Crippen LogP contribution in [0, 0.1) is 0 Å². The van der Waals surface area contributed by atoms with Crippen LogP contribution in [0.15, 0.2) is 82.2 Å². The van der Waals surface area contributed by atoms with E-state index in [2.05, 4.69) is 26.0 Å². The summed E-state index contributed by atoms with van der Waals surface area (Å²) in [6, 6.07) is 20.4. The number of hydrogen-bond donors (Lipinski definition) is 2. The summed E-state index contributed by atoms with van der Waals surface area (Å²) < 4.78 is 33.8. The fourth-order valence-corrected chi connectivity index (χ4v) is 4.58. The minimum atomic E-state index is -3.77. The number of likely N-dealkylation sites (N-methyl/N-ethyl adjacent to an activating group) is 1. The lowest BCUT2D eigenvalue weighted by molar-refractivity contribution is 0.0942. The van der Waals surface area contributed by atoms with Crippen molar-refractivity contribution in [3.05, 3.63) is 88.4 Å². The van der Waals surface area contributed by atoms with E-state index in [1.165, 1.54) is 18.2 Å². The Bertz CT molecular complexity index is 1200. The first-order chi connectivity index (χ1) is 15.7. The van der Waals surface area contributed by atoms with Crippen LogP contribution in [0.4, 0.5) is 5.69 Å². The van der Waals surface area contributed by atoms with E-state index in [1.807, 2.05) is 43.3 Å². The normalized spacial score (nSPS) is 12.3. The van der Waals surface area contributed by atoms with Gasteiger partial charge in [0.25, 0.3) is 15.9 Å². The Labute approximate surface area is 202 Å². The summed E-state index contributed by atoms with van der Waals surface area (Å²) >= 11 is 3.29. The first-order valence-electron chi connectivity index (χ1n) is 10.2. The van der Waals surface area contributed by atoms with Gasteiger partial charge in [0.05, 0.1) is 18.0 Å². The fraction of sp³-hybridized carbons (Fsp3) is 0.208. The molecule has 7 nitrogen and oxygen atoms in total. The monoisotopic (exact) mass is 531 g/mol. The van der Waals surface area contributed by atoms with Gasteiger partial charge in [-0.3, -0.25) is 9.52 Å². The molecule has 0 heterocycles. The Morgan fingerprint density at radius 2 is 1.70 bits per heavy atom. The lowest BCUT2D eigenvalue weighted by atomic mass is 10.1. The molecule has 0 saturated carbocycles. The van der Waals surface area contributed by atoms with Crippen LogP contribution in [0.1, 0.15) is 22.0 Å². The van der Waals surface area contributed by atoms with E-state index in [4.69, 9.17) is 4.74 Å². The van der Waals surface area contributed by atoms with Crippen molar-refractivity contribution >= 4 is 37.5 Å². The van der Waals surface area contributed by atoms with E-state index >= 15 is 0 Å². The van der Waals surface area contributed by atoms with Crippen molar-refractivity contribution in [3.8, 4) is 5.75 Å². The SMILES string of the molecule is COc1ccc([C@H](CNC(=O)c2cccc(NS(=O)(=O)c3ccc(Br)cc3)c2)N(C)C)cc1. The second-order valence-electron chi connectivity index (χ2n) is 7.60. The maximum absolute atomic E-state index is 12.8. The van der Waals surface area contributed by atoms with E-state index in [0.29, 0.717) is 17.8 Å². The lowest BCUT2D eigenvalue weighted by Crippen LogP contribution is -2.34. The summed E-state index contributed by atoms with van der Waals surface area (Å²) in [5.74, 6) is 0.475. The number of methoxy groups -OCH3 is 1. The quantitative estimate of drug-likeness (QED) is 0.430. The van der Waals surface area contributed by atoms with Crippen LogP contribution in [-0.2, 0) is 10.0 Å². The van der Waals surface area contributed by atoms with Crippen LogP contribution in [0.5, 0.6) is 5.75 Å². The van der Waals surface area contributed by atoms with E-state index in [1.54, 1.807) is 37.4 Å². The van der Waals surface area contributed by atoms with Crippen molar-refractivity contribution in [3.63, 3.8) is 0 Å². The number of sulfonamides is 1. The molecule has 1 amide bonds. The molecular weight excluding hydrogens is 506 g/mol. The molecule has 0 spiro atoms. The number of nitrogens with one attached hydrogen (secondary N) is 2. The molecular formula is C24H26BrN3O4S. The Hall–Kier alpha value is -2.88. The molecule has 3 aromatic carbocycles. The Morgan fingerprint density at radius 1 is 1.03 bits per heavy atom. The summed E-state index contributed by atoms with van der Waals surface area (Å²) in [5, 5.41) is 2.94. The molecule has 33 heavy (non-hydrogen) atoms.